The summed E-state index contributed by atoms with van der Waals surface area (Å²) in [6, 6.07) is 7.60. The Kier molecular flexibility index (Phi) is 5.52. The lowest BCUT2D eigenvalue weighted by molar-refractivity contribution is 0.139. The Bertz CT molecular complexity index is 452. The maximum Gasteiger partial charge on any atom is 0.407 e. The third kappa shape index (κ3) is 4.34. The number of amides is 1. The van der Waals surface area contributed by atoms with Crippen LogP contribution in [0.2, 0.25) is 0 Å². The molecule has 0 bridgehead atoms. The van der Waals surface area contributed by atoms with Crippen molar-refractivity contribution in [1.82, 2.24) is 5.32 Å². The van der Waals surface area contributed by atoms with Gasteiger partial charge >= 0.3 is 6.09 Å². The van der Waals surface area contributed by atoms with Crippen molar-refractivity contribution in [3.05, 3.63) is 29.3 Å². The van der Waals surface area contributed by atoms with Gasteiger partial charge in [-0.15, -0.1) is 0 Å². The van der Waals surface area contributed by atoms with Gasteiger partial charge in [0.15, 0.2) is 0 Å². The summed E-state index contributed by atoms with van der Waals surface area (Å²) in [6.07, 6.45) is -0.267. The predicted molar refractivity (Wildman–Crippen MR) is 66.1 cm³/mol. The summed E-state index contributed by atoms with van der Waals surface area (Å²) in [4.78, 5) is 11.3. The average Bonchev–Trinajstić information content (AvgIpc) is 2.37. The zero-order chi connectivity index (χ0) is 13.4. The van der Waals surface area contributed by atoms with Gasteiger partial charge in [0.05, 0.1) is 19.6 Å². The van der Waals surface area contributed by atoms with E-state index in [9.17, 15) is 4.79 Å². The second kappa shape index (κ2) is 7.17. The van der Waals surface area contributed by atoms with Gasteiger partial charge in [-0.1, -0.05) is 11.6 Å². The third-order valence-electron chi connectivity index (χ3n) is 2.30. The van der Waals surface area contributed by atoms with Crippen LogP contribution in [0.15, 0.2) is 18.2 Å². The van der Waals surface area contributed by atoms with Crippen LogP contribution in [0.5, 0.6) is 5.75 Å². The van der Waals surface area contributed by atoms with E-state index in [1.807, 2.05) is 31.2 Å². The van der Waals surface area contributed by atoms with Crippen molar-refractivity contribution in [1.29, 1.82) is 5.26 Å². The molecule has 0 unspecified atom stereocenters. The highest BCUT2D eigenvalue weighted by molar-refractivity contribution is 5.67. The van der Waals surface area contributed by atoms with Crippen LogP contribution in [-0.4, -0.2) is 19.7 Å². The molecule has 5 heteroatoms. The summed E-state index contributed by atoms with van der Waals surface area (Å²) in [7, 11) is 1.57. The molecule has 0 saturated heterocycles. The van der Waals surface area contributed by atoms with Crippen LogP contribution in [-0.2, 0) is 11.3 Å². The fourth-order valence-electron chi connectivity index (χ4n) is 1.43. The number of hydrogen-bond acceptors (Lipinski definition) is 4. The van der Waals surface area contributed by atoms with Gasteiger partial charge in [0, 0.05) is 12.1 Å². The summed E-state index contributed by atoms with van der Waals surface area (Å²) in [5, 5.41) is 10.8. The monoisotopic (exact) mass is 248 g/mol. The molecule has 0 spiro atoms. The second-order valence-corrected chi connectivity index (χ2v) is 3.73. The molecule has 0 radical (unpaired) electrons. The lowest BCUT2D eigenvalue weighted by atomic mass is 10.1. The van der Waals surface area contributed by atoms with Crippen molar-refractivity contribution in [3.63, 3.8) is 0 Å². The van der Waals surface area contributed by atoms with Crippen molar-refractivity contribution in [2.45, 2.75) is 20.0 Å². The van der Waals surface area contributed by atoms with Crippen LogP contribution in [0.25, 0.3) is 0 Å². The topological polar surface area (TPSA) is 71.3 Å². The number of carbonyl (C=O) groups is 1. The number of benzene rings is 1. The lowest BCUT2D eigenvalue weighted by Gasteiger charge is -2.10. The molecule has 1 amide bonds. The largest absolute Gasteiger partial charge is 0.496 e. The molecule has 18 heavy (non-hydrogen) atoms. The summed E-state index contributed by atoms with van der Waals surface area (Å²) in [6.45, 7) is 2.39. The normalized spacial score (nSPS) is 9.39. The number of ether oxygens (including phenoxy) is 2. The van der Waals surface area contributed by atoms with E-state index in [1.54, 1.807) is 7.11 Å². The van der Waals surface area contributed by atoms with Crippen LogP contribution < -0.4 is 10.1 Å². The molecule has 1 N–H and O–H groups in total. The highest BCUT2D eigenvalue weighted by Crippen LogP contribution is 2.20. The van der Waals surface area contributed by atoms with E-state index >= 15 is 0 Å². The van der Waals surface area contributed by atoms with Gasteiger partial charge in [-0.25, -0.2) is 4.79 Å². The van der Waals surface area contributed by atoms with Crippen molar-refractivity contribution in [2.75, 3.05) is 13.7 Å². The average molecular weight is 248 g/mol. The van der Waals surface area contributed by atoms with Crippen LogP contribution >= 0.6 is 0 Å². The number of rotatable bonds is 5. The minimum absolute atomic E-state index is 0.142. The minimum atomic E-state index is -0.534. The van der Waals surface area contributed by atoms with Crippen molar-refractivity contribution in [3.8, 4) is 11.8 Å². The first-order valence-electron chi connectivity index (χ1n) is 5.58. The van der Waals surface area contributed by atoms with Crippen LogP contribution in [0, 0.1) is 18.3 Å². The molecule has 0 aliphatic heterocycles. The fraction of sp³-hybridized carbons (Fsp3) is 0.385. The molecule has 0 aliphatic carbocycles. The van der Waals surface area contributed by atoms with Crippen LogP contribution in [0.4, 0.5) is 4.79 Å². The van der Waals surface area contributed by atoms with E-state index in [0.717, 1.165) is 11.1 Å². The fourth-order valence-corrected chi connectivity index (χ4v) is 1.43. The van der Waals surface area contributed by atoms with Crippen molar-refractivity contribution >= 4 is 6.09 Å². The number of alkyl carbamates (subject to hydrolysis) is 1. The first-order valence-corrected chi connectivity index (χ1v) is 5.58. The summed E-state index contributed by atoms with van der Waals surface area (Å²) in [5.41, 5.74) is 1.88. The highest BCUT2D eigenvalue weighted by Gasteiger charge is 2.06. The Morgan fingerprint density at radius 2 is 2.28 bits per heavy atom. The maximum atomic E-state index is 11.3. The summed E-state index contributed by atoms with van der Waals surface area (Å²) < 4.78 is 10.2. The van der Waals surface area contributed by atoms with E-state index < -0.39 is 6.09 Å². The quantitative estimate of drug-likeness (QED) is 0.810. The third-order valence-corrected chi connectivity index (χ3v) is 2.30. The van der Waals surface area contributed by atoms with E-state index in [2.05, 4.69) is 5.32 Å². The van der Waals surface area contributed by atoms with Gasteiger partial charge in [0.25, 0.3) is 0 Å². The molecule has 0 aliphatic rings. The van der Waals surface area contributed by atoms with Crippen molar-refractivity contribution in [2.24, 2.45) is 0 Å². The summed E-state index contributed by atoms with van der Waals surface area (Å²) >= 11 is 0. The Morgan fingerprint density at radius 3 is 2.94 bits per heavy atom. The number of aryl methyl sites for hydroxylation is 1. The number of hydrogen-bond donors (Lipinski definition) is 1. The molecule has 0 atom stereocenters. The number of nitrogens with zero attached hydrogens (tertiary/aromatic N) is 1. The van der Waals surface area contributed by atoms with Crippen molar-refractivity contribution < 1.29 is 14.3 Å². The van der Waals surface area contributed by atoms with Gasteiger partial charge in [0.2, 0.25) is 0 Å². The van der Waals surface area contributed by atoms with E-state index in [1.165, 1.54) is 0 Å². The number of methoxy groups -OCH3 is 1. The lowest BCUT2D eigenvalue weighted by Crippen LogP contribution is -2.25. The standard InChI is InChI=1S/C13H16N2O3/c1-10-4-5-12(17-2)11(8-10)9-18-13(16)15-7-3-6-14/h4-5,8H,3,7,9H2,1-2H3,(H,15,16). The van der Waals surface area contributed by atoms with Crippen LogP contribution in [0.1, 0.15) is 17.5 Å². The van der Waals surface area contributed by atoms with Gasteiger partial charge in [-0.05, 0) is 19.1 Å². The number of nitrogens with one attached hydrogen (secondary N) is 1. The Hall–Kier alpha value is -2.22. The van der Waals surface area contributed by atoms with Gasteiger partial charge in [-0.2, -0.15) is 5.26 Å². The van der Waals surface area contributed by atoms with Gasteiger partial charge < -0.3 is 14.8 Å². The molecule has 96 valence electrons. The molecule has 0 fully saturated rings. The van der Waals surface area contributed by atoms with Crippen LogP contribution in [0.3, 0.4) is 0 Å². The number of carbonyl (C=O) groups excluding carboxylic acids is 1. The molecule has 0 saturated carbocycles. The minimum Gasteiger partial charge on any atom is -0.496 e. The molecule has 5 nitrogen and oxygen atoms in total. The zero-order valence-corrected chi connectivity index (χ0v) is 10.5. The molecular weight excluding hydrogens is 232 g/mol. The summed E-state index contributed by atoms with van der Waals surface area (Å²) in [5.74, 6) is 0.686. The Balaban J connectivity index is 2.50. The second-order valence-electron chi connectivity index (χ2n) is 3.73. The molecule has 1 aromatic rings. The molecular formula is C13H16N2O3. The first kappa shape index (κ1) is 13.8. The van der Waals surface area contributed by atoms with E-state index in [-0.39, 0.29) is 13.0 Å². The predicted octanol–water partition coefficient (Wildman–Crippen LogP) is 2.14. The zero-order valence-electron chi connectivity index (χ0n) is 10.5. The SMILES string of the molecule is COc1ccc(C)cc1COC(=O)NCCC#N. The highest BCUT2D eigenvalue weighted by atomic mass is 16.5. The van der Waals surface area contributed by atoms with Gasteiger partial charge in [0.1, 0.15) is 12.4 Å². The van der Waals surface area contributed by atoms with E-state index in [0.29, 0.717) is 12.3 Å². The van der Waals surface area contributed by atoms with E-state index in [4.69, 9.17) is 14.7 Å². The molecule has 0 heterocycles. The molecule has 1 rings (SSSR count). The smallest absolute Gasteiger partial charge is 0.407 e. The van der Waals surface area contributed by atoms with Gasteiger partial charge in [-0.3, -0.25) is 0 Å². The Labute approximate surface area is 106 Å². The molecule has 0 aromatic heterocycles. The maximum absolute atomic E-state index is 11.3. The first-order chi connectivity index (χ1) is 8.67. The Morgan fingerprint density at radius 1 is 1.50 bits per heavy atom. The molecule has 1 aromatic carbocycles. The number of nitriles is 1.